The molecule has 4 aromatic rings. The van der Waals surface area contributed by atoms with Gasteiger partial charge in [-0.25, -0.2) is 9.67 Å². The van der Waals surface area contributed by atoms with Gasteiger partial charge < -0.3 is 9.64 Å². The van der Waals surface area contributed by atoms with Crippen LogP contribution in [0.3, 0.4) is 0 Å². The van der Waals surface area contributed by atoms with Crippen LogP contribution in [0.1, 0.15) is 50.4 Å². The Morgan fingerprint density at radius 3 is 2.74 bits per heavy atom. The van der Waals surface area contributed by atoms with Crippen molar-refractivity contribution in [2.45, 2.75) is 51.9 Å². The first-order chi connectivity index (χ1) is 16.9. The Balaban J connectivity index is 1.56. The van der Waals surface area contributed by atoms with Crippen LogP contribution in [0, 0.1) is 18.4 Å². The maximum atomic E-state index is 13.7. The molecule has 0 unspecified atom stereocenters. The first-order valence-electron chi connectivity index (χ1n) is 11.3. The SMILES string of the molecule is Cc1c(-c2cc(O[C@H](C)c3ccccn3)c3c(c2)ncn3C(F)F)nnn1[C@H]1C[C@H](C)N(C#N)C1. The Kier molecular flexibility index (Phi) is 5.80. The molecule has 0 saturated carbocycles. The monoisotopic (exact) mass is 478 g/mol. The molecule has 5 rings (SSSR count). The normalized spacial score (nSPS) is 18.8. The van der Waals surface area contributed by atoms with Crippen molar-refractivity contribution in [2.24, 2.45) is 0 Å². The smallest absolute Gasteiger partial charge is 0.320 e. The average Bonchev–Trinajstić information content (AvgIpc) is 3.55. The van der Waals surface area contributed by atoms with Gasteiger partial charge in [0.25, 0.3) is 0 Å². The van der Waals surface area contributed by atoms with E-state index in [-0.39, 0.29) is 23.3 Å². The van der Waals surface area contributed by atoms with Gasteiger partial charge in [-0.3, -0.25) is 9.55 Å². The van der Waals surface area contributed by atoms with E-state index in [0.29, 0.717) is 29.0 Å². The molecular formula is C24H24F2N8O. The zero-order chi connectivity index (χ0) is 24.7. The van der Waals surface area contributed by atoms with Crippen LogP contribution in [0.4, 0.5) is 8.78 Å². The van der Waals surface area contributed by atoms with E-state index < -0.39 is 12.7 Å². The summed E-state index contributed by atoms with van der Waals surface area (Å²) in [6.07, 6.45) is 5.29. The quantitative estimate of drug-likeness (QED) is 0.372. The number of rotatable bonds is 6. The number of ether oxygens (including phenoxy) is 1. The molecule has 11 heteroatoms. The maximum Gasteiger partial charge on any atom is 0.320 e. The third-order valence-electron chi connectivity index (χ3n) is 6.48. The Morgan fingerprint density at radius 2 is 2.06 bits per heavy atom. The standard InChI is InChI=1S/C24H24F2N8O/c1-14-8-18(11-32(14)12-27)34-15(2)22(30-31-34)17-9-20-23(33(13-29-20)24(25)26)21(10-17)35-16(3)19-6-4-5-7-28-19/h4-7,9-10,13-14,16,18,24H,8,11H2,1-3H3/t14-,16+,18-/m0/s1. The van der Waals surface area contributed by atoms with Gasteiger partial charge in [0.05, 0.1) is 29.5 Å². The maximum absolute atomic E-state index is 13.7. The van der Waals surface area contributed by atoms with Gasteiger partial charge in [0.15, 0.2) is 6.19 Å². The van der Waals surface area contributed by atoms with Crippen molar-refractivity contribution in [3.63, 3.8) is 0 Å². The molecule has 0 aliphatic carbocycles. The van der Waals surface area contributed by atoms with Crippen LogP contribution in [0.15, 0.2) is 42.9 Å². The predicted molar refractivity (Wildman–Crippen MR) is 123 cm³/mol. The van der Waals surface area contributed by atoms with Crippen LogP contribution in [-0.4, -0.2) is 47.0 Å². The molecule has 4 heterocycles. The molecule has 0 spiro atoms. The molecule has 180 valence electrons. The minimum atomic E-state index is -2.77. The van der Waals surface area contributed by atoms with Crippen LogP contribution in [-0.2, 0) is 0 Å². The van der Waals surface area contributed by atoms with Crippen molar-refractivity contribution in [3.05, 3.63) is 54.2 Å². The van der Waals surface area contributed by atoms with Gasteiger partial charge in [-0.05, 0) is 51.5 Å². The summed E-state index contributed by atoms with van der Waals surface area (Å²) in [6, 6.07) is 9.02. The summed E-state index contributed by atoms with van der Waals surface area (Å²) >= 11 is 0. The zero-order valence-electron chi connectivity index (χ0n) is 19.5. The molecular weight excluding hydrogens is 454 g/mol. The minimum Gasteiger partial charge on any atom is -0.482 e. The number of alkyl halides is 2. The van der Waals surface area contributed by atoms with Crippen LogP contribution >= 0.6 is 0 Å². The highest BCUT2D eigenvalue weighted by atomic mass is 19.3. The first kappa shape index (κ1) is 22.7. The highest BCUT2D eigenvalue weighted by Crippen LogP contribution is 2.37. The largest absolute Gasteiger partial charge is 0.482 e. The lowest BCUT2D eigenvalue weighted by molar-refractivity contribution is 0.0737. The predicted octanol–water partition coefficient (Wildman–Crippen LogP) is 4.65. The molecule has 0 radical (unpaired) electrons. The van der Waals surface area contributed by atoms with Gasteiger partial charge in [0.1, 0.15) is 29.4 Å². The number of nitriles is 1. The third kappa shape index (κ3) is 4.05. The van der Waals surface area contributed by atoms with Crippen molar-refractivity contribution in [1.29, 1.82) is 5.26 Å². The Morgan fingerprint density at radius 1 is 1.23 bits per heavy atom. The number of nitrogens with zero attached hydrogens (tertiary/aromatic N) is 8. The second-order valence-corrected chi connectivity index (χ2v) is 8.75. The van der Waals surface area contributed by atoms with Crippen LogP contribution in [0.25, 0.3) is 22.3 Å². The Hall–Kier alpha value is -4.07. The van der Waals surface area contributed by atoms with Gasteiger partial charge in [-0.1, -0.05) is 11.3 Å². The molecule has 1 aromatic carbocycles. The molecule has 1 fully saturated rings. The van der Waals surface area contributed by atoms with E-state index in [1.807, 2.05) is 37.6 Å². The minimum absolute atomic E-state index is 0.0209. The van der Waals surface area contributed by atoms with E-state index in [4.69, 9.17) is 4.74 Å². The molecule has 1 aliphatic heterocycles. The van der Waals surface area contributed by atoms with E-state index in [1.165, 1.54) is 0 Å². The number of hydrogen-bond acceptors (Lipinski definition) is 7. The molecule has 0 N–H and O–H groups in total. The summed E-state index contributed by atoms with van der Waals surface area (Å²) < 4.78 is 36.2. The second-order valence-electron chi connectivity index (χ2n) is 8.75. The number of pyridine rings is 1. The Labute approximate surface area is 200 Å². The van der Waals surface area contributed by atoms with E-state index in [9.17, 15) is 14.0 Å². The van der Waals surface area contributed by atoms with Crippen molar-refractivity contribution in [1.82, 2.24) is 34.4 Å². The number of benzene rings is 1. The highest BCUT2D eigenvalue weighted by molar-refractivity contribution is 5.87. The van der Waals surface area contributed by atoms with Crippen molar-refractivity contribution in [3.8, 4) is 23.2 Å². The van der Waals surface area contributed by atoms with Gasteiger partial charge in [0, 0.05) is 17.8 Å². The molecule has 1 aliphatic rings. The number of aromatic nitrogens is 6. The molecule has 9 nitrogen and oxygen atoms in total. The van der Waals surface area contributed by atoms with E-state index in [2.05, 4.69) is 26.5 Å². The molecule has 3 aromatic heterocycles. The van der Waals surface area contributed by atoms with E-state index >= 15 is 0 Å². The zero-order valence-corrected chi connectivity index (χ0v) is 19.5. The van der Waals surface area contributed by atoms with Gasteiger partial charge in [-0.2, -0.15) is 14.0 Å². The summed E-state index contributed by atoms with van der Waals surface area (Å²) in [6.45, 7) is 3.53. The van der Waals surface area contributed by atoms with E-state index in [1.54, 1.807) is 29.3 Å². The van der Waals surface area contributed by atoms with Gasteiger partial charge in [0.2, 0.25) is 0 Å². The fraction of sp³-hybridized carbons (Fsp3) is 0.375. The lowest BCUT2D eigenvalue weighted by Gasteiger charge is -2.17. The molecule has 0 amide bonds. The number of imidazole rings is 1. The summed E-state index contributed by atoms with van der Waals surface area (Å²) in [4.78, 5) is 10.3. The lowest BCUT2D eigenvalue weighted by Crippen LogP contribution is -2.21. The lowest BCUT2D eigenvalue weighted by atomic mass is 10.1. The number of hydrogen-bond donors (Lipinski definition) is 0. The number of fused-ring (bicyclic) bond motifs is 1. The molecule has 3 atom stereocenters. The van der Waals surface area contributed by atoms with Crippen LogP contribution in [0.2, 0.25) is 0 Å². The second kappa shape index (κ2) is 8.94. The van der Waals surface area contributed by atoms with Crippen molar-refractivity contribution < 1.29 is 13.5 Å². The summed E-state index contributed by atoms with van der Waals surface area (Å²) in [5, 5.41) is 18.1. The van der Waals surface area contributed by atoms with Gasteiger partial charge in [-0.15, -0.1) is 5.10 Å². The molecule has 1 saturated heterocycles. The topological polar surface area (TPSA) is 97.7 Å². The number of halogens is 2. The van der Waals surface area contributed by atoms with Crippen LogP contribution < -0.4 is 4.74 Å². The summed E-state index contributed by atoms with van der Waals surface area (Å²) in [5.74, 6) is 0.257. The van der Waals surface area contributed by atoms with Crippen LogP contribution in [0.5, 0.6) is 5.75 Å². The third-order valence-corrected chi connectivity index (χ3v) is 6.48. The fourth-order valence-electron chi connectivity index (χ4n) is 4.65. The highest BCUT2D eigenvalue weighted by Gasteiger charge is 2.32. The Bertz CT molecular complexity index is 1390. The molecule has 0 bridgehead atoms. The summed E-state index contributed by atoms with van der Waals surface area (Å²) in [7, 11) is 0. The number of likely N-dealkylation sites (tertiary alicyclic amines) is 1. The van der Waals surface area contributed by atoms with Crippen molar-refractivity contribution in [2.75, 3.05) is 6.54 Å². The summed E-state index contributed by atoms with van der Waals surface area (Å²) in [5.41, 5.74) is 3.33. The first-order valence-corrected chi connectivity index (χ1v) is 11.3. The van der Waals surface area contributed by atoms with Crippen molar-refractivity contribution >= 4 is 11.0 Å². The molecule has 35 heavy (non-hydrogen) atoms. The van der Waals surface area contributed by atoms with E-state index in [0.717, 1.165) is 23.0 Å². The average molecular weight is 479 g/mol. The van der Waals surface area contributed by atoms with Gasteiger partial charge >= 0.3 is 6.55 Å². The fourth-order valence-corrected chi connectivity index (χ4v) is 4.65.